The molecule has 0 aliphatic carbocycles. The van der Waals surface area contributed by atoms with Crippen LogP contribution in [0.4, 0.5) is 0 Å². The van der Waals surface area contributed by atoms with E-state index < -0.39 is 0 Å². The molecule has 0 bridgehead atoms. The molecule has 7 heavy (non-hydrogen) atoms. The van der Waals surface area contributed by atoms with Crippen molar-refractivity contribution in [2.75, 3.05) is 0 Å². The van der Waals surface area contributed by atoms with Crippen LogP contribution in [0.3, 0.4) is 0 Å². The van der Waals surface area contributed by atoms with Crippen LogP contribution in [-0.2, 0) is 0 Å². The lowest BCUT2D eigenvalue weighted by Crippen LogP contribution is -1.61. The Hall–Kier alpha value is -0.920. The summed E-state index contributed by atoms with van der Waals surface area (Å²) in [6, 6.07) is 0. The van der Waals surface area contributed by atoms with E-state index in [-0.39, 0.29) is 0 Å². The lowest BCUT2D eigenvalue weighted by molar-refractivity contribution is 1.26. The highest BCUT2D eigenvalue weighted by atomic mass is 15.2. The van der Waals surface area contributed by atoms with Gasteiger partial charge in [0.25, 0.3) is 0 Å². The van der Waals surface area contributed by atoms with Crippen LogP contribution in [0, 0.1) is 0 Å². The van der Waals surface area contributed by atoms with Gasteiger partial charge in [0.2, 0.25) is 0 Å². The Balaban J connectivity index is 2.60. The molecule has 1 rings (SSSR count). The van der Waals surface area contributed by atoms with Gasteiger partial charge in [-0.2, -0.15) is 10.2 Å². The lowest BCUT2D eigenvalue weighted by Gasteiger charge is -1.65. The number of hydrogen-bond donors (Lipinski definition) is 0. The highest BCUT2D eigenvalue weighted by molar-refractivity contribution is 5.74. The average Bonchev–Trinajstić information content (AvgIpc) is 1.90. The third kappa shape index (κ3) is 1.30. The summed E-state index contributed by atoms with van der Waals surface area (Å²) in [4.78, 5) is 0. The summed E-state index contributed by atoms with van der Waals surface area (Å²) in [5.41, 5.74) is 0. The quantitative estimate of drug-likeness (QED) is 0.424. The second-order valence-corrected chi connectivity index (χ2v) is 1.15. The van der Waals surface area contributed by atoms with Crippen molar-refractivity contribution in [3.05, 3.63) is 12.2 Å². The van der Waals surface area contributed by atoms with Gasteiger partial charge < -0.3 is 0 Å². The molecule has 0 aromatic heterocycles. The van der Waals surface area contributed by atoms with Crippen molar-refractivity contribution >= 4 is 12.4 Å². The van der Waals surface area contributed by atoms with Crippen LogP contribution in [-0.4, -0.2) is 12.4 Å². The molecule has 0 amide bonds. The van der Waals surface area contributed by atoms with E-state index in [9.17, 15) is 0 Å². The van der Waals surface area contributed by atoms with Crippen molar-refractivity contribution in [2.45, 2.75) is 6.42 Å². The summed E-state index contributed by atoms with van der Waals surface area (Å²) < 4.78 is 0. The van der Waals surface area contributed by atoms with Gasteiger partial charge >= 0.3 is 0 Å². The maximum atomic E-state index is 3.57. The highest BCUT2D eigenvalue weighted by Crippen LogP contribution is 1.82. The summed E-state index contributed by atoms with van der Waals surface area (Å²) in [5, 5.41) is 7.10. The first-order valence-corrected chi connectivity index (χ1v) is 2.11. The van der Waals surface area contributed by atoms with E-state index in [4.69, 9.17) is 0 Å². The summed E-state index contributed by atoms with van der Waals surface area (Å²) in [6.45, 7) is 0. The van der Waals surface area contributed by atoms with Crippen molar-refractivity contribution < 1.29 is 0 Å². The third-order valence-electron chi connectivity index (χ3n) is 0.626. The minimum atomic E-state index is 0.778. The molecule has 2 nitrogen and oxygen atoms in total. The SMILES string of the molecule is [C]1=NN=CC=CC1. The molecule has 1 heterocycles. The molecule has 1 radical (unpaired) electrons. The first kappa shape index (κ1) is 4.24. The Labute approximate surface area is 42.3 Å². The van der Waals surface area contributed by atoms with Gasteiger partial charge in [-0.3, -0.25) is 0 Å². The fourth-order valence-electron chi connectivity index (χ4n) is 0.335. The second-order valence-electron chi connectivity index (χ2n) is 1.15. The molecular formula is C5H5N2. The fraction of sp³-hybridized carbons (Fsp3) is 0.200. The first-order chi connectivity index (χ1) is 3.50. The Bertz CT molecular complexity index is 108. The summed E-state index contributed by atoms with van der Waals surface area (Å²) >= 11 is 0. The number of hydrogen-bond acceptors (Lipinski definition) is 2. The van der Waals surface area contributed by atoms with E-state index in [1.54, 1.807) is 6.21 Å². The summed E-state index contributed by atoms with van der Waals surface area (Å²) in [5.74, 6) is 0. The third-order valence-corrected chi connectivity index (χ3v) is 0.626. The van der Waals surface area contributed by atoms with Crippen molar-refractivity contribution in [2.24, 2.45) is 10.2 Å². The van der Waals surface area contributed by atoms with Crippen LogP contribution < -0.4 is 0 Å². The van der Waals surface area contributed by atoms with Crippen LogP contribution >= 0.6 is 0 Å². The molecule has 2 heteroatoms. The van der Waals surface area contributed by atoms with E-state index in [0.717, 1.165) is 6.42 Å². The smallest absolute Gasteiger partial charge is 0.0904 e. The van der Waals surface area contributed by atoms with Crippen LogP contribution in [0.1, 0.15) is 6.42 Å². The van der Waals surface area contributed by atoms with Gasteiger partial charge in [0, 0.05) is 12.6 Å². The monoisotopic (exact) mass is 93.0 g/mol. The van der Waals surface area contributed by atoms with Gasteiger partial charge in [0.1, 0.15) is 0 Å². The molecule has 0 aromatic carbocycles. The first-order valence-electron chi connectivity index (χ1n) is 2.11. The van der Waals surface area contributed by atoms with E-state index in [0.29, 0.717) is 0 Å². The zero-order valence-corrected chi connectivity index (χ0v) is 3.83. The van der Waals surface area contributed by atoms with Gasteiger partial charge in [-0.1, -0.05) is 6.08 Å². The van der Waals surface area contributed by atoms with E-state index in [1.807, 2.05) is 12.2 Å². The van der Waals surface area contributed by atoms with E-state index >= 15 is 0 Å². The molecule has 0 aromatic rings. The molecule has 0 unspecified atom stereocenters. The lowest BCUT2D eigenvalue weighted by atomic mass is 10.4. The van der Waals surface area contributed by atoms with Crippen molar-refractivity contribution in [3.8, 4) is 0 Å². The van der Waals surface area contributed by atoms with Crippen molar-refractivity contribution in [1.82, 2.24) is 0 Å². The zero-order valence-electron chi connectivity index (χ0n) is 3.83. The molecule has 1 aliphatic heterocycles. The molecular weight excluding hydrogens is 88.1 g/mol. The maximum absolute atomic E-state index is 3.57. The van der Waals surface area contributed by atoms with Crippen molar-refractivity contribution in [3.63, 3.8) is 0 Å². The molecule has 0 saturated carbocycles. The highest BCUT2D eigenvalue weighted by Gasteiger charge is 1.73. The molecule has 1 aliphatic rings. The Morgan fingerprint density at radius 1 is 1.57 bits per heavy atom. The van der Waals surface area contributed by atoms with Crippen LogP contribution in [0.15, 0.2) is 22.4 Å². The molecule has 0 N–H and O–H groups in total. The molecule has 0 saturated heterocycles. The Kier molecular flexibility index (Phi) is 1.39. The maximum Gasteiger partial charge on any atom is 0.0904 e. The van der Waals surface area contributed by atoms with Gasteiger partial charge in [-0.25, -0.2) is 0 Å². The number of rotatable bonds is 0. The molecule has 0 spiro atoms. The van der Waals surface area contributed by atoms with Gasteiger partial charge in [0.15, 0.2) is 0 Å². The standard InChI is InChI=1S/C5H5N2/c1-2-4-6-7-5-3-1/h1-2,4H,3H2. The van der Waals surface area contributed by atoms with E-state index in [1.165, 1.54) is 0 Å². The predicted molar refractivity (Wildman–Crippen MR) is 29.7 cm³/mol. The Morgan fingerprint density at radius 2 is 2.57 bits per heavy atom. The molecule has 0 fully saturated rings. The number of nitrogens with zero attached hydrogens (tertiary/aromatic N) is 2. The summed E-state index contributed by atoms with van der Waals surface area (Å²) in [7, 11) is 0. The van der Waals surface area contributed by atoms with Crippen LogP contribution in [0.5, 0.6) is 0 Å². The topological polar surface area (TPSA) is 24.7 Å². The van der Waals surface area contributed by atoms with Crippen LogP contribution in [0.25, 0.3) is 0 Å². The molecule has 0 atom stereocenters. The van der Waals surface area contributed by atoms with Gasteiger partial charge in [0.05, 0.1) is 6.21 Å². The second kappa shape index (κ2) is 2.29. The largest absolute Gasteiger partial charge is 0.159 e. The fourth-order valence-corrected chi connectivity index (χ4v) is 0.335. The van der Waals surface area contributed by atoms with Gasteiger partial charge in [-0.05, 0) is 6.08 Å². The predicted octanol–water partition coefficient (Wildman–Crippen LogP) is 0.880. The normalized spacial score (nSPS) is 17.1. The number of allylic oxidation sites excluding steroid dienone is 2. The molecule has 35 valence electrons. The Morgan fingerprint density at radius 3 is 3.57 bits per heavy atom. The summed E-state index contributed by atoms with van der Waals surface area (Å²) in [6.07, 6.45) is 8.90. The minimum Gasteiger partial charge on any atom is -0.159 e. The zero-order chi connectivity index (χ0) is 4.95. The van der Waals surface area contributed by atoms with Gasteiger partial charge in [-0.15, -0.1) is 0 Å². The van der Waals surface area contributed by atoms with Crippen molar-refractivity contribution in [1.29, 1.82) is 0 Å². The minimum absolute atomic E-state index is 0.778. The van der Waals surface area contributed by atoms with E-state index in [2.05, 4.69) is 16.4 Å². The average molecular weight is 93.1 g/mol. The van der Waals surface area contributed by atoms with Crippen LogP contribution in [0.2, 0.25) is 0 Å².